The van der Waals surface area contributed by atoms with E-state index >= 15 is 0 Å². The summed E-state index contributed by atoms with van der Waals surface area (Å²) in [5.74, 6) is 2.45. The lowest BCUT2D eigenvalue weighted by Crippen LogP contribution is -2.64. The molecule has 0 spiro atoms. The van der Waals surface area contributed by atoms with Crippen molar-refractivity contribution >= 4 is 0 Å². The van der Waals surface area contributed by atoms with Gasteiger partial charge >= 0.3 is 0 Å². The highest BCUT2D eigenvalue weighted by atomic mass is 16.3. The maximum atomic E-state index is 11.6. The molecule has 0 aromatic rings. The molecule has 4 aliphatic rings. The van der Waals surface area contributed by atoms with Gasteiger partial charge in [0.25, 0.3) is 0 Å². The fourth-order valence-corrected chi connectivity index (χ4v) is 10.3. The first kappa shape index (κ1) is 24.8. The minimum atomic E-state index is -0.560. The second kappa shape index (κ2) is 7.84. The number of hydrogen-bond acceptors (Lipinski definition) is 2. The monoisotopic (exact) mass is 444 g/mol. The van der Waals surface area contributed by atoms with Gasteiger partial charge in [-0.15, -0.1) is 0 Å². The molecular weight excluding hydrogens is 392 g/mol. The fraction of sp³-hybridized carbons (Fsp3) is 0.933. The van der Waals surface area contributed by atoms with Gasteiger partial charge in [-0.05, 0) is 130 Å². The SMILES string of the molecule is CC(C)=CCC[C@](C)(O)[C@H]1CC[C@@]2(C)[C@H]1CC[C@@H]1[C@@]3(C)CC[C@H](O)C(C)(C)C3CC[C@]12C. The Labute approximate surface area is 198 Å². The maximum absolute atomic E-state index is 11.6. The molecule has 4 aliphatic carbocycles. The van der Waals surface area contributed by atoms with Gasteiger partial charge in [0.2, 0.25) is 0 Å². The molecule has 0 aromatic heterocycles. The summed E-state index contributed by atoms with van der Waals surface area (Å²) in [4.78, 5) is 0. The van der Waals surface area contributed by atoms with Crippen LogP contribution in [0.2, 0.25) is 0 Å². The summed E-state index contributed by atoms with van der Waals surface area (Å²) in [6.07, 6.45) is 13.8. The molecule has 4 saturated carbocycles. The topological polar surface area (TPSA) is 40.5 Å². The first-order valence-electron chi connectivity index (χ1n) is 13.7. The highest BCUT2D eigenvalue weighted by molar-refractivity contribution is 5.18. The van der Waals surface area contributed by atoms with E-state index < -0.39 is 5.60 Å². The van der Waals surface area contributed by atoms with Crippen molar-refractivity contribution in [2.24, 2.45) is 45.3 Å². The van der Waals surface area contributed by atoms with Crippen LogP contribution in [0.5, 0.6) is 0 Å². The summed E-state index contributed by atoms with van der Waals surface area (Å²) in [6, 6.07) is 0. The third-order valence-corrected chi connectivity index (χ3v) is 12.4. The van der Waals surface area contributed by atoms with E-state index in [4.69, 9.17) is 0 Å². The molecule has 32 heavy (non-hydrogen) atoms. The zero-order valence-electron chi connectivity index (χ0n) is 22.4. The summed E-state index contributed by atoms with van der Waals surface area (Å²) in [6.45, 7) is 19.0. The molecule has 0 aromatic carbocycles. The van der Waals surface area contributed by atoms with Crippen LogP contribution in [0.4, 0.5) is 0 Å². The maximum Gasteiger partial charge on any atom is 0.0653 e. The number of hydrogen-bond donors (Lipinski definition) is 2. The highest BCUT2D eigenvalue weighted by Crippen LogP contribution is 2.75. The van der Waals surface area contributed by atoms with E-state index in [1.165, 1.54) is 50.5 Å². The van der Waals surface area contributed by atoms with E-state index in [0.717, 1.165) is 25.2 Å². The van der Waals surface area contributed by atoms with Crippen LogP contribution < -0.4 is 0 Å². The van der Waals surface area contributed by atoms with Crippen LogP contribution in [-0.2, 0) is 0 Å². The molecule has 4 rings (SSSR count). The number of allylic oxidation sites excluding steroid dienone is 2. The molecule has 2 nitrogen and oxygen atoms in total. The Morgan fingerprint density at radius 1 is 0.875 bits per heavy atom. The Balaban J connectivity index is 1.61. The molecule has 0 saturated heterocycles. The third-order valence-electron chi connectivity index (χ3n) is 12.4. The molecule has 0 heterocycles. The average molecular weight is 445 g/mol. The van der Waals surface area contributed by atoms with Crippen LogP contribution in [0.25, 0.3) is 0 Å². The molecule has 2 heteroatoms. The number of rotatable bonds is 4. The van der Waals surface area contributed by atoms with E-state index in [-0.39, 0.29) is 11.5 Å². The van der Waals surface area contributed by atoms with Crippen molar-refractivity contribution in [1.29, 1.82) is 0 Å². The second-order valence-electron chi connectivity index (χ2n) is 14.4. The second-order valence-corrected chi connectivity index (χ2v) is 14.4. The van der Waals surface area contributed by atoms with Crippen LogP contribution in [-0.4, -0.2) is 21.9 Å². The lowest BCUT2D eigenvalue weighted by atomic mass is 9.35. The van der Waals surface area contributed by atoms with Crippen molar-refractivity contribution in [1.82, 2.24) is 0 Å². The van der Waals surface area contributed by atoms with E-state index in [1.54, 1.807) is 0 Å². The number of aliphatic hydroxyl groups is 2. The summed E-state index contributed by atoms with van der Waals surface area (Å²) < 4.78 is 0. The standard InChI is InChI=1S/C30H52O2/c1-20(2)10-9-16-30(8,32)22-13-18-28(6)21(22)11-12-24-27(5)17-15-25(31)26(3,4)23(27)14-19-29(24,28)7/h10,21-25,31-32H,9,11-19H2,1-8H3/t21-,22-,23?,24+,25-,27-,28-,29+,30-/m0/s1. The zero-order chi connectivity index (χ0) is 23.7. The van der Waals surface area contributed by atoms with Crippen molar-refractivity contribution < 1.29 is 10.2 Å². The van der Waals surface area contributed by atoms with Crippen molar-refractivity contribution in [3.63, 3.8) is 0 Å². The molecule has 0 bridgehead atoms. The quantitative estimate of drug-likeness (QED) is 0.440. The van der Waals surface area contributed by atoms with Gasteiger partial charge in [-0.1, -0.05) is 46.3 Å². The minimum Gasteiger partial charge on any atom is -0.393 e. The predicted octanol–water partition coefficient (Wildman–Crippen LogP) is 7.53. The third kappa shape index (κ3) is 3.40. The molecule has 9 atom stereocenters. The zero-order valence-corrected chi connectivity index (χ0v) is 22.4. The first-order valence-corrected chi connectivity index (χ1v) is 13.7. The number of fused-ring (bicyclic) bond motifs is 5. The number of aliphatic hydroxyl groups excluding tert-OH is 1. The molecular formula is C30H52O2. The summed E-state index contributed by atoms with van der Waals surface area (Å²) >= 11 is 0. The van der Waals surface area contributed by atoms with Gasteiger partial charge in [0.1, 0.15) is 0 Å². The van der Waals surface area contributed by atoms with E-state index in [1.807, 2.05) is 0 Å². The molecule has 0 amide bonds. The molecule has 1 unspecified atom stereocenters. The van der Waals surface area contributed by atoms with Gasteiger partial charge in [0.15, 0.2) is 0 Å². The Hall–Kier alpha value is -0.340. The van der Waals surface area contributed by atoms with Gasteiger partial charge in [0.05, 0.1) is 11.7 Å². The first-order chi connectivity index (χ1) is 14.7. The summed E-state index contributed by atoms with van der Waals surface area (Å²) in [5.41, 5.74) is 1.84. The smallest absolute Gasteiger partial charge is 0.0653 e. The molecule has 0 radical (unpaired) electrons. The summed E-state index contributed by atoms with van der Waals surface area (Å²) in [5, 5.41) is 22.5. The lowest BCUT2D eigenvalue weighted by Gasteiger charge is -2.70. The Kier molecular flexibility index (Phi) is 6.07. The minimum absolute atomic E-state index is 0.0267. The summed E-state index contributed by atoms with van der Waals surface area (Å²) in [7, 11) is 0. The van der Waals surface area contributed by atoms with Crippen LogP contribution in [0.1, 0.15) is 120 Å². The Morgan fingerprint density at radius 3 is 2.19 bits per heavy atom. The van der Waals surface area contributed by atoms with Crippen molar-refractivity contribution in [3.05, 3.63) is 11.6 Å². The van der Waals surface area contributed by atoms with Crippen LogP contribution in [0.3, 0.4) is 0 Å². The van der Waals surface area contributed by atoms with Gasteiger partial charge in [0, 0.05) is 0 Å². The van der Waals surface area contributed by atoms with Gasteiger partial charge in [-0.25, -0.2) is 0 Å². The molecule has 2 N–H and O–H groups in total. The molecule has 184 valence electrons. The van der Waals surface area contributed by atoms with E-state index in [0.29, 0.717) is 34.0 Å². The average Bonchev–Trinajstić information content (AvgIpc) is 3.04. The van der Waals surface area contributed by atoms with Crippen molar-refractivity contribution in [2.45, 2.75) is 131 Å². The van der Waals surface area contributed by atoms with Gasteiger partial charge < -0.3 is 10.2 Å². The van der Waals surface area contributed by atoms with Crippen molar-refractivity contribution in [2.75, 3.05) is 0 Å². The van der Waals surface area contributed by atoms with Gasteiger partial charge in [-0.3, -0.25) is 0 Å². The fourth-order valence-electron chi connectivity index (χ4n) is 10.3. The van der Waals surface area contributed by atoms with Crippen LogP contribution in [0.15, 0.2) is 11.6 Å². The van der Waals surface area contributed by atoms with Crippen LogP contribution in [0, 0.1) is 45.3 Å². The largest absolute Gasteiger partial charge is 0.393 e. The normalized spacial score (nSPS) is 49.4. The Bertz CT molecular complexity index is 746. The predicted molar refractivity (Wildman–Crippen MR) is 134 cm³/mol. The lowest BCUT2D eigenvalue weighted by molar-refractivity contribution is -0.225. The van der Waals surface area contributed by atoms with Crippen molar-refractivity contribution in [3.8, 4) is 0 Å². The van der Waals surface area contributed by atoms with E-state index in [2.05, 4.69) is 61.5 Å². The highest BCUT2D eigenvalue weighted by Gasteiger charge is 2.69. The van der Waals surface area contributed by atoms with Crippen LogP contribution >= 0.6 is 0 Å². The Morgan fingerprint density at radius 2 is 1.53 bits per heavy atom. The molecule has 0 aliphatic heterocycles. The van der Waals surface area contributed by atoms with Gasteiger partial charge in [-0.2, -0.15) is 0 Å². The van der Waals surface area contributed by atoms with E-state index in [9.17, 15) is 10.2 Å². The molecule has 4 fully saturated rings.